The first-order valence-electron chi connectivity index (χ1n) is 10.5. The van der Waals surface area contributed by atoms with Gasteiger partial charge in [-0.05, 0) is 43.5 Å². The molecule has 1 heterocycles. The molecule has 1 saturated heterocycles. The molecule has 3 N–H and O–H groups in total. The maximum Gasteiger partial charge on any atom is 0.265 e. The summed E-state index contributed by atoms with van der Waals surface area (Å²) in [6.45, 7) is 4.00. The lowest BCUT2D eigenvalue weighted by Crippen LogP contribution is -2.50. The van der Waals surface area contributed by atoms with E-state index < -0.39 is 12.5 Å². The molecule has 0 aromatic heterocycles. The molecular weight excluding hydrogens is 394 g/mol. The van der Waals surface area contributed by atoms with Crippen LogP contribution in [0.2, 0.25) is 0 Å². The number of ether oxygens (including phenoxy) is 1. The van der Waals surface area contributed by atoms with Crippen LogP contribution in [0.3, 0.4) is 0 Å². The van der Waals surface area contributed by atoms with Crippen molar-refractivity contribution in [2.75, 3.05) is 49.6 Å². The standard InChI is InChI=1S/C21H30F2N4O3/c1-2-26(12-14-4-3-5-14)18(11-24)21(29)25-15-6-7-17(16(10-15)20(22)23)27-8-9-30-13-19(27)28/h6-7,10,14,18,20H,2-5,8-9,11-13,24H2,1H3,(H,25,29)/t18-/m0/s1. The largest absolute Gasteiger partial charge is 0.370 e. The van der Waals surface area contributed by atoms with E-state index in [9.17, 15) is 18.4 Å². The number of alkyl halides is 2. The predicted octanol–water partition coefficient (Wildman–Crippen LogP) is 2.38. The number of amides is 2. The number of anilines is 2. The van der Waals surface area contributed by atoms with Gasteiger partial charge in [0, 0.05) is 30.9 Å². The second-order valence-electron chi connectivity index (χ2n) is 7.80. The number of halogens is 2. The average Bonchev–Trinajstić information content (AvgIpc) is 2.70. The summed E-state index contributed by atoms with van der Waals surface area (Å²) in [5, 5.41) is 2.73. The Morgan fingerprint density at radius 1 is 1.40 bits per heavy atom. The van der Waals surface area contributed by atoms with Crippen molar-refractivity contribution in [3.05, 3.63) is 23.8 Å². The Morgan fingerprint density at radius 3 is 2.73 bits per heavy atom. The molecule has 0 bridgehead atoms. The molecule has 7 nitrogen and oxygen atoms in total. The molecule has 2 aliphatic rings. The molecule has 2 fully saturated rings. The van der Waals surface area contributed by atoms with E-state index in [0.29, 0.717) is 19.1 Å². The highest BCUT2D eigenvalue weighted by molar-refractivity contribution is 5.97. The van der Waals surface area contributed by atoms with Gasteiger partial charge in [-0.15, -0.1) is 0 Å². The molecule has 30 heavy (non-hydrogen) atoms. The molecule has 2 amide bonds. The van der Waals surface area contributed by atoms with E-state index in [1.165, 1.54) is 29.5 Å². The first kappa shape index (κ1) is 22.6. The second kappa shape index (κ2) is 10.3. The van der Waals surface area contributed by atoms with Gasteiger partial charge in [0.15, 0.2) is 0 Å². The van der Waals surface area contributed by atoms with Gasteiger partial charge in [-0.3, -0.25) is 14.5 Å². The van der Waals surface area contributed by atoms with Crippen molar-refractivity contribution in [3.63, 3.8) is 0 Å². The van der Waals surface area contributed by atoms with Gasteiger partial charge in [0.1, 0.15) is 12.6 Å². The van der Waals surface area contributed by atoms with Crippen LogP contribution >= 0.6 is 0 Å². The molecule has 0 unspecified atom stereocenters. The van der Waals surface area contributed by atoms with Crippen LogP contribution in [0.25, 0.3) is 0 Å². The molecule has 3 rings (SSSR count). The molecule has 0 spiro atoms. The van der Waals surface area contributed by atoms with E-state index in [1.807, 2.05) is 11.8 Å². The van der Waals surface area contributed by atoms with Gasteiger partial charge < -0.3 is 20.7 Å². The Labute approximate surface area is 175 Å². The maximum absolute atomic E-state index is 13.7. The number of hydrogen-bond acceptors (Lipinski definition) is 5. The highest BCUT2D eigenvalue weighted by atomic mass is 19.3. The zero-order valence-corrected chi connectivity index (χ0v) is 17.3. The minimum Gasteiger partial charge on any atom is -0.370 e. The number of nitrogens with two attached hydrogens (primary N) is 1. The Balaban J connectivity index is 1.75. The normalized spacial score (nSPS) is 18.6. The van der Waals surface area contributed by atoms with Crippen molar-refractivity contribution in [3.8, 4) is 0 Å². The summed E-state index contributed by atoms with van der Waals surface area (Å²) in [5.41, 5.74) is 5.99. The zero-order chi connectivity index (χ0) is 21.7. The van der Waals surface area contributed by atoms with Gasteiger partial charge in [0.2, 0.25) is 5.91 Å². The summed E-state index contributed by atoms with van der Waals surface area (Å²) in [6.07, 6.45) is 0.753. The van der Waals surface area contributed by atoms with Gasteiger partial charge in [0.25, 0.3) is 12.3 Å². The fraction of sp³-hybridized carbons (Fsp3) is 0.619. The molecule has 1 aliphatic carbocycles. The fourth-order valence-corrected chi connectivity index (χ4v) is 3.96. The number of benzene rings is 1. The van der Waals surface area contributed by atoms with Crippen molar-refractivity contribution >= 4 is 23.2 Å². The third-order valence-electron chi connectivity index (χ3n) is 5.90. The molecule has 166 valence electrons. The third-order valence-corrected chi connectivity index (χ3v) is 5.90. The molecule has 1 saturated carbocycles. The Kier molecular flexibility index (Phi) is 7.74. The van der Waals surface area contributed by atoms with E-state index in [2.05, 4.69) is 5.32 Å². The van der Waals surface area contributed by atoms with Crippen molar-refractivity contribution in [2.24, 2.45) is 11.7 Å². The smallest absolute Gasteiger partial charge is 0.265 e. The summed E-state index contributed by atoms with van der Waals surface area (Å²) >= 11 is 0. The molecule has 0 radical (unpaired) electrons. The van der Waals surface area contributed by atoms with Crippen LogP contribution in [0.15, 0.2) is 18.2 Å². The number of rotatable bonds is 9. The van der Waals surface area contributed by atoms with Crippen LogP contribution in [-0.4, -0.2) is 62.1 Å². The van der Waals surface area contributed by atoms with Crippen LogP contribution in [0.1, 0.15) is 38.2 Å². The summed E-state index contributed by atoms with van der Waals surface area (Å²) in [4.78, 5) is 28.3. The highest BCUT2D eigenvalue weighted by Gasteiger charge is 2.29. The number of nitrogens with one attached hydrogen (secondary N) is 1. The molecule has 1 aromatic rings. The minimum atomic E-state index is -2.79. The number of nitrogens with zero attached hydrogens (tertiary/aromatic N) is 2. The first-order chi connectivity index (χ1) is 14.4. The van der Waals surface area contributed by atoms with Crippen molar-refractivity contribution in [2.45, 2.75) is 38.7 Å². The van der Waals surface area contributed by atoms with Crippen molar-refractivity contribution < 1.29 is 23.1 Å². The summed E-state index contributed by atoms with van der Waals surface area (Å²) in [5.74, 6) is -0.0885. The molecule has 1 aliphatic heterocycles. The third kappa shape index (κ3) is 5.14. The molecule has 9 heteroatoms. The zero-order valence-electron chi connectivity index (χ0n) is 17.3. The fourth-order valence-electron chi connectivity index (χ4n) is 3.96. The average molecular weight is 424 g/mol. The van der Waals surface area contributed by atoms with E-state index in [4.69, 9.17) is 10.5 Å². The van der Waals surface area contributed by atoms with E-state index in [1.54, 1.807) is 0 Å². The van der Waals surface area contributed by atoms with Crippen LogP contribution in [-0.2, 0) is 14.3 Å². The Morgan fingerprint density at radius 2 is 2.17 bits per heavy atom. The number of morpholine rings is 1. The SMILES string of the molecule is CCN(CC1CCC1)[C@@H](CN)C(=O)Nc1ccc(N2CCOCC2=O)c(C(F)F)c1. The van der Waals surface area contributed by atoms with E-state index in [0.717, 1.165) is 19.4 Å². The Hall–Kier alpha value is -2.10. The van der Waals surface area contributed by atoms with Gasteiger partial charge in [-0.2, -0.15) is 0 Å². The lowest BCUT2D eigenvalue weighted by atomic mass is 9.85. The van der Waals surface area contributed by atoms with Crippen LogP contribution < -0.4 is 16.0 Å². The monoisotopic (exact) mass is 424 g/mol. The van der Waals surface area contributed by atoms with E-state index in [-0.39, 0.29) is 48.4 Å². The quantitative estimate of drug-likeness (QED) is 0.636. The lowest BCUT2D eigenvalue weighted by Gasteiger charge is -2.35. The highest BCUT2D eigenvalue weighted by Crippen LogP contribution is 2.33. The number of likely N-dealkylation sites (N-methyl/N-ethyl adjacent to an activating group) is 1. The van der Waals surface area contributed by atoms with Gasteiger partial charge in [-0.1, -0.05) is 13.3 Å². The summed E-state index contributed by atoms with van der Waals surface area (Å²) in [6, 6.07) is 3.70. The number of hydrogen-bond donors (Lipinski definition) is 2. The minimum absolute atomic E-state index is 0.132. The summed E-state index contributed by atoms with van der Waals surface area (Å²) < 4.78 is 32.5. The van der Waals surface area contributed by atoms with Crippen LogP contribution in [0.5, 0.6) is 0 Å². The number of carbonyl (C=O) groups is 2. The van der Waals surface area contributed by atoms with Crippen molar-refractivity contribution in [1.82, 2.24) is 4.90 Å². The second-order valence-corrected chi connectivity index (χ2v) is 7.80. The predicted molar refractivity (Wildman–Crippen MR) is 111 cm³/mol. The van der Waals surface area contributed by atoms with Crippen molar-refractivity contribution in [1.29, 1.82) is 0 Å². The first-order valence-corrected chi connectivity index (χ1v) is 10.5. The number of carbonyl (C=O) groups excluding carboxylic acids is 2. The van der Waals surface area contributed by atoms with Crippen LogP contribution in [0, 0.1) is 5.92 Å². The molecular formula is C21H30F2N4O3. The topological polar surface area (TPSA) is 87.9 Å². The summed E-state index contributed by atoms with van der Waals surface area (Å²) in [7, 11) is 0. The molecule has 1 atom stereocenters. The lowest BCUT2D eigenvalue weighted by molar-refractivity contribution is -0.125. The maximum atomic E-state index is 13.7. The Bertz CT molecular complexity index is 758. The van der Waals surface area contributed by atoms with Gasteiger partial charge >= 0.3 is 0 Å². The van der Waals surface area contributed by atoms with Crippen LogP contribution in [0.4, 0.5) is 20.2 Å². The van der Waals surface area contributed by atoms with E-state index >= 15 is 0 Å². The molecule has 1 aromatic carbocycles. The van der Waals surface area contributed by atoms with Gasteiger partial charge in [0.05, 0.1) is 12.3 Å². The van der Waals surface area contributed by atoms with Gasteiger partial charge in [-0.25, -0.2) is 8.78 Å².